The van der Waals surface area contributed by atoms with Gasteiger partial charge in [0.15, 0.2) is 6.10 Å². The summed E-state index contributed by atoms with van der Waals surface area (Å²) in [4.78, 5) is 53.7. The Morgan fingerprint density at radius 2 is 1.78 bits per heavy atom. The summed E-state index contributed by atoms with van der Waals surface area (Å²) in [5.41, 5.74) is 12.9. The molecule has 3 atom stereocenters. The number of nitrogens with two attached hydrogens (primary N) is 2. The molecule has 0 unspecified atom stereocenters. The van der Waals surface area contributed by atoms with E-state index >= 15 is 0 Å². The number of hydrogen-bond donors (Lipinski definition) is 5. The predicted octanol–water partition coefficient (Wildman–Crippen LogP) is 2.76. The van der Waals surface area contributed by atoms with Crippen LogP contribution in [-0.4, -0.2) is 40.4 Å². The van der Waals surface area contributed by atoms with Crippen LogP contribution in [-0.2, 0) is 27.2 Å². The largest absolute Gasteiger partial charge is 0.436 e. The molecule has 1 aliphatic carbocycles. The highest BCUT2D eigenvalue weighted by Gasteiger charge is 2.45. The first kappa shape index (κ1) is 25.7. The monoisotopic (exact) mass is 505 g/mol. The number of primary amides is 2. The molecule has 1 aromatic heterocycles. The molecular formula is C27H31N5O5. The van der Waals surface area contributed by atoms with Gasteiger partial charge in [0.25, 0.3) is 5.91 Å². The summed E-state index contributed by atoms with van der Waals surface area (Å²) in [5, 5.41) is 6.77. The number of hydrogen-bond acceptors (Lipinski definition) is 5. The number of amides is 4. The van der Waals surface area contributed by atoms with Crippen molar-refractivity contribution in [3.63, 3.8) is 0 Å². The molecule has 0 saturated heterocycles. The standard InChI is InChI=1S/C27H31N5O5/c1-3-15(2)22(37-26(29)36)24(34)32-27(25(35)30-17-10-8-16(9-11-17)23(28)33)13-12-21-19(14-27)18-6-4-5-7-20(18)31-21/h4-11,15,22,31H,3,12-14H2,1-2H3,(H2,28,33)(H2,29,36)(H,30,35)(H,32,34)/t15-,22-,27+/m0/s1. The molecule has 2 aromatic carbocycles. The predicted molar refractivity (Wildman–Crippen MR) is 139 cm³/mol. The Bertz CT molecular complexity index is 1350. The average Bonchev–Trinajstić information content (AvgIpc) is 3.24. The maximum absolute atomic E-state index is 13.8. The molecule has 3 aromatic rings. The van der Waals surface area contributed by atoms with E-state index in [1.165, 1.54) is 12.1 Å². The van der Waals surface area contributed by atoms with Crippen LogP contribution < -0.4 is 22.1 Å². The molecule has 0 aliphatic heterocycles. The number of anilines is 1. The molecule has 4 amide bonds. The van der Waals surface area contributed by atoms with Crippen molar-refractivity contribution in [2.45, 2.75) is 51.2 Å². The van der Waals surface area contributed by atoms with Crippen LogP contribution in [0.5, 0.6) is 0 Å². The zero-order valence-corrected chi connectivity index (χ0v) is 20.8. The van der Waals surface area contributed by atoms with Gasteiger partial charge in [-0.15, -0.1) is 0 Å². The molecule has 10 heteroatoms. The molecule has 0 spiro atoms. The minimum atomic E-state index is -1.33. The summed E-state index contributed by atoms with van der Waals surface area (Å²) in [6.07, 6.45) is -0.588. The van der Waals surface area contributed by atoms with E-state index in [-0.39, 0.29) is 12.3 Å². The molecule has 0 fully saturated rings. The van der Waals surface area contributed by atoms with Crippen LogP contribution in [0.3, 0.4) is 0 Å². The second-order valence-corrected chi connectivity index (χ2v) is 9.51. The molecule has 4 rings (SSSR count). The van der Waals surface area contributed by atoms with E-state index in [1.54, 1.807) is 19.1 Å². The lowest BCUT2D eigenvalue weighted by molar-refractivity contribution is -0.138. The molecule has 194 valence electrons. The number of ether oxygens (including phenoxy) is 1. The van der Waals surface area contributed by atoms with Gasteiger partial charge in [0, 0.05) is 40.2 Å². The fourth-order valence-electron chi connectivity index (χ4n) is 4.80. The lowest BCUT2D eigenvalue weighted by Crippen LogP contribution is -2.62. The van der Waals surface area contributed by atoms with E-state index in [0.29, 0.717) is 30.5 Å². The lowest BCUT2D eigenvalue weighted by atomic mass is 9.78. The SMILES string of the molecule is CC[C@H](C)[C@H](OC(N)=O)C(=O)N[C@]1(C(=O)Nc2ccc(C(N)=O)cc2)CCc2[nH]c3ccccc3c2C1. The zero-order valence-electron chi connectivity index (χ0n) is 20.8. The third-order valence-electron chi connectivity index (χ3n) is 7.07. The van der Waals surface area contributed by atoms with E-state index in [0.717, 1.165) is 22.2 Å². The van der Waals surface area contributed by atoms with Gasteiger partial charge < -0.3 is 31.8 Å². The van der Waals surface area contributed by atoms with Crippen molar-refractivity contribution in [1.29, 1.82) is 0 Å². The third kappa shape index (κ3) is 5.28. The Hall–Kier alpha value is -4.34. The fraction of sp³-hybridized carbons (Fsp3) is 0.333. The van der Waals surface area contributed by atoms with E-state index in [1.807, 2.05) is 31.2 Å². The van der Waals surface area contributed by atoms with Crippen LogP contribution in [0.1, 0.15) is 48.3 Å². The van der Waals surface area contributed by atoms with Crippen LogP contribution in [0.4, 0.5) is 10.5 Å². The van der Waals surface area contributed by atoms with Gasteiger partial charge in [0.05, 0.1) is 0 Å². The highest BCUT2D eigenvalue weighted by Crippen LogP contribution is 2.35. The summed E-state index contributed by atoms with van der Waals surface area (Å²) in [5.74, 6) is -1.91. The molecule has 0 saturated carbocycles. The maximum Gasteiger partial charge on any atom is 0.405 e. The Morgan fingerprint density at radius 1 is 1.08 bits per heavy atom. The number of aryl methyl sites for hydroxylation is 1. The topological polar surface area (TPSA) is 169 Å². The molecule has 7 N–H and O–H groups in total. The van der Waals surface area contributed by atoms with Crippen LogP contribution >= 0.6 is 0 Å². The summed E-state index contributed by atoms with van der Waals surface area (Å²) in [7, 11) is 0. The van der Waals surface area contributed by atoms with E-state index in [9.17, 15) is 19.2 Å². The van der Waals surface area contributed by atoms with Crippen molar-refractivity contribution in [2.24, 2.45) is 17.4 Å². The molecule has 10 nitrogen and oxygen atoms in total. The van der Waals surface area contributed by atoms with Gasteiger partial charge in [0.1, 0.15) is 5.54 Å². The lowest BCUT2D eigenvalue weighted by Gasteiger charge is -2.38. The normalized spacial score (nSPS) is 18.3. The number of para-hydroxylation sites is 1. The third-order valence-corrected chi connectivity index (χ3v) is 7.07. The quantitative estimate of drug-likeness (QED) is 0.316. The van der Waals surface area contributed by atoms with Crippen molar-refractivity contribution in [2.75, 3.05) is 5.32 Å². The fourth-order valence-corrected chi connectivity index (χ4v) is 4.80. The van der Waals surface area contributed by atoms with Gasteiger partial charge in [-0.05, 0) is 55.2 Å². The van der Waals surface area contributed by atoms with Crippen LogP contribution in [0.25, 0.3) is 10.9 Å². The van der Waals surface area contributed by atoms with Crippen molar-refractivity contribution in [3.8, 4) is 0 Å². The number of carbonyl (C=O) groups is 4. The minimum Gasteiger partial charge on any atom is -0.436 e. The maximum atomic E-state index is 13.8. The van der Waals surface area contributed by atoms with Gasteiger partial charge >= 0.3 is 6.09 Å². The van der Waals surface area contributed by atoms with Gasteiger partial charge in [-0.25, -0.2) is 4.79 Å². The average molecular weight is 506 g/mol. The van der Waals surface area contributed by atoms with Crippen LogP contribution in [0.2, 0.25) is 0 Å². The van der Waals surface area contributed by atoms with Crippen LogP contribution in [0.15, 0.2) is 48.5 Å². The second kappa shape index (κ2) is 10.3. The molecule has 1 aliphatic rings. The van der Waals surface area contributed by atoms with Gasteiger partial charge in [-0.3, -0.25) is 14.4 Å². The van der Waals surface area contributed by atoms with Crippen molar-refractivity contribution in [3.05, 3.63) is 65.4 Å². The summed E-state index contributed by atoms with van der Waals surface area (Å²) in [6, 6.07) is 14.0. The smallest absolute Gasteiger partial charge is 0.405 e. The number of benzene rings is 2. The van der Waals surface area contributed by atoms with E-state index in [2.05, 4.69) is 15.6 Å². The Morgan fingerprint density at radius 3 is 2.43 bits per heavy atom. The number of aromatic amines is 1. The van der Waals surface area contributed by atoms with Crippen molar-refractivity contribution >= 4 is 40.4 Å². The number of carbonyl (C=O) groups excluding carboxylic acids is 4. The molecule has 0 radical (unpaired) electrons. The number of aromatic nitrogens is 1. The first-order chi connectivity index (χ1) is 17.6. The zero-order chi connectivity index (χ0) is 26.7. The van der Waals surface area contributed by atoms with E-state index < -0.39 is 35.5 Å². The van der Waals surface area contributed by atoms with Crippen LogP contribution in [0, 0.1) is 5.92 Å². The second-order valence-electron chi connectivity index (χ2n) is 9.51. The summed E-state index contributed by atoms with van der Waals surface area (Å²) in [6.45, 7) is 3.64. The number of rotatable bonds is 8. The Kier molecular flexibility index (Phi) is 7.19. The number of nitrogens with one attached hydrogen (secondary N) is 3. The highest BCUT2D eigenvalue weighted by atomic mass is 16.6. The first-order valence-corrected chi connectivity index (χ1v) is 12.2. The Balaban J connectivity index is 1.69. The Labute approximate surface area is 214 Å². The van der Waals surface area contributed by atoms with Crippen molar-refractivity contribution < 1.29 is 23.9 Å². The van der Waals surface area contributed by atoms with E-state index in [4.69, 9.17) is 16.2 Å². The minimum absolute atomic E-state index is 0.229. The number of H-pyrrole nitrogens is 1. The molecule has 37 heavy (non-hydrogen) atoms. The highest BCUT2D eigenvalue weighted by molar-refractivity contribution is 6.03. The molecule has 1 heterocycles. The molecule has 0 bridgehead atoms. The van der Waals surface area contributed by atoms with Crippen molar-refractivity contribution in [1.82, 2.24) is 10.3 Å². The van der Waals surface area contributed by atoms with Gasteiger partial charge in [0.2, 0.25) is 11.8 Å². The first-order valence-electron chi connectivity index (χ1n) is 12.2. The van der Waals surface area contributed by atoms with Gasteiger partial charge in [-0.1, -0.05) is 32.0 Å². The number of fused-ring (bicyclic) bond motifs is 3. The van der Waals surface area contributed by atoms with Gasteiger partial charge in [-0.2, -0.15) is 0 Å². The summed E-state index contributed by atoms with van der Waals surface area (Å²) >= 11 is 0. The summed E-state index contributed by atoms with van der Waals surface area (Å²) < 4.78 is 5.15. The molecular weight excluding hydrogens is 474 g/mol.